The van der Waals surface area contributed by atoms with Crippen molar-refractivity contribution < 1.29 is 4.79 Å². The van der Waals surface area contributed by atoms with Gasteiger partial charge in [0.05, 0.1) is 11.1 Å². The van der Waals surface area contributed by atoms with Crippen LogP contribution in [0.5, 0.6) is 0 Å². The van der Waals surface area contributed by atoms with E-state index in [1.165, 1.54) is 11.5 Å². The van der Waals surface area contributed by atoms with Gasteiger partial charge in [0, 0.05) is 11.6 Å². The van der Waals surface area contributed by atoms with Crippen LogP contribution in [0.3, 0.4) is 0 Å². The van der Waals surface area contributed by atoms with Gasteiger partial charge in [-0.25, -0.2) is 0 Å². The highest BCUT2D eigenvalue weighted by molar-refractivity contribution is 7.09. The number of carbonyl (C=O) groups is 1. The molecule has 0 spiro atoms. The molecule has 1 aromatic carbocycles. The van der Waals surface area contributed by atoms with E-state index >= 15 is 0 Å². The molecule has 1 saturated carbocycles. The number of nitrogens with zero attached hydrogens (tertiary/aromatic N) is 2. The number of hydrogen-bond donors (Lipinski definition) is 1. The Morgan fingerprint density at radius 3 is 2.65 bits per heavy atom. The summed E-state index contributed by atoms with van der Waals surface area (Å²) in [6.07, 6.45) is 3.79. The normalized spacial score (nSPS) is 14.6. The Morgan fingerprint density at radius 2 is 2.06 bits per heavy atom. The van der Waals surface area contributed by atoms with Gasteiger partial charge in [0.15, 0.2) is 0 Å². The third kappa shape index (κ3) is 2.34. The molecule has 1 aliphatic rings. The van der Waals surface area contributed by atoms with Gasteiger partial charge in [0.2, 0.25) is 5.91 Å². The first-order chi connectivity index (χ1) is 8.33. The topological polar surface area (TPSA) is 54.9 Å². The van der Waals surface area contributed by atoms with Crippen LogP contribution in [-0.4, -0.2) is 15.5 Å². The highest BCUT2D eigenvalue weighted by Gasteiger charge is 2.29. The Hall–Kier alpha value is -1.75. The molecule has 5 heteroatoms. The van der Waals surface area contributed by atoms with Crippen molar-refractivity contribution in [1.82, 2.24) is 9.59 Å². The molecule has 1 fully saturated rings. The molecule has 0 bridgehead atoms. The van der Waals surface area contributed by atoms with E-state index in [9.17, 15) is 4.79 Å². The van der Waals surface area contributed by atoms with Gasteiger partial charge in [-0.15, -0.1) is 5.10 Å². The molecule has 0 unspecified atom stereocenters. The lowest BCUT2D eigenvalue weighted by Gasteiger charge is -2.04. The second kappa shape index (κ2) is 4.25. The molecule has 1 aromatic heterocycles. The van der Waals surface area contributed by atoms with E-state index in [-0.39, 0.29) is 11.8 Å². The first kappa shape index (κ1) is 10.4. The van der Waals surface area contributed by atoms with E-state index in [0.717, 1.165) is 29.0 Å². The van der Waals surface area contributed by atoms with Gasteiger partial charge in [0.25, 0.3) is 0 Å². The Kier molecular flexibility index (Phi) is 2.60. The molecule has 1 aliphatic carbocycles. The minimum absolute atomic E-state index is 0.136. The Labute approximate surface area is 103 Å². The molecule has 1 heterocycles. The van der Waals surface area contributed by atoms with Gasteiger partial charge < -0.3 is 5.32 Å². The second-order valence-corrected chi connectivity index (χ2v) is 4.91. The van der Waals surface area contributed by atoms with Crippen molar-refractivity contribution in [2.45, 2.75) is 12.8 Å². The number of benzene rings is 1. The van der Waals surface area contributed by atoms with Crippen molar-refractivity contribution in [3.63, 3.8) is 0 Å². The number of aromatic nitrogens is 2. The number of anilines is 1. The lowest BCUT2D eigenvalue weighted by atomic mass is 10.2. The Morgan fingerprint density at radius 1 is 1.29 bits per heavy atom. The zero-order valence-electron chi connectivity index (χ0n) is 9.09. The summed E-state index contributed by atoms with van der Waals surface area (Å²) in [5.74, 6) is 0.373. The van der Waals surface area contributed by atoms with Gasteiger partial charge in [-0.1, -0.05) is 16.6 Å². The van der Waals surface area contributed by atoms with E-state index in [0.29, 0.717) is 0 Å². The van der Waals surface area contributed by atoms with Gasteiger partial charge in [-0.2, -0.15) is 0 Å². The molecule has 4 nitrogen and oxygen atoms in total. The number of carbonyl (C=O) groups excluding carboxylic acids is 1. The summed E-state index contributed by atoms with van der Waals surface area (Å²) >= 11 is 1.36. The first-order valence-electron chi connectivity index (χ1n) is 5.51. The summed E-state index contributed by atoms with van der Waals surface area (Å²) in [6, 6.07) is 7.76. The maximum atomic E-state index is 11.6. The predicted octanol–water partition coefficient (Wildman–Crippen LogP) is 2.55. The molecule has 86 valence electrons. The number of rotatable bonds is 3. The van der Waals surface area contributed by atoms with Crippen molar-refractivity contribution in [1.29, 1.82) is 0 Å². The average molecular weight is 245 g/mol. The van der Waals surface area contributed by atoms with Crippen LogP contribution in [-0.2, 0) is 4.79 Å². The highest BCUT2D eigenvalue weighted by Crippen LogP contribution is 2.30. The molecule has 0 radical (unpaired) electrons. The summed E-state index contributed by atoms with van der Waals surface area (Å²) in [5, 5.41) is 6.71. The lowest BCUT2D eigenvalue weighted by Crippen LogP contribution is -2.12. The molecule has 3 rings (SSSR count). The van der Waals surface area contributed by atoms with Crippen LogP contribution in [0.15, 0.2) is 30.5 Å². The van der Waals surface area contributed by atoms with Crippen molar-refractivity contribution in [2.24, 2.45) is 5.92 Å². The number of nitrogens with one attached hydrogen (secondary N) is 1. The highest BCUT2D eigenvalue weighted by atomic mass is 32.1. The van der Waals surface area contributed by atoms with Crippen molar-refractivity contribution in [2.75, 3.05) is 5.32 Å². The lowest BCUT2D eigenvalue weighted by molar-refractivity contribution is -0.117. The molecule has 0 aliphatic heterocycles. The van der Waals surface area contributed by atoms with Crippen LogP contribution >= 0.6 is 11.5 Å². The average Bonchev–Trinajstić information content (AvgIpc) is 3.07. The van der Waals surface area contributed by atoms with E-state index < -0.39 is 0 Å². The largest absolute Gasteiger partial charge is 0.326 e. The summed E-state index contributed by atoms with van der Waals surface area (Å²) < 4.78 is 3.82. The monoisotopic (exact) mass is 245 g/mol. The summed E-state index contributed by atoms with van der Waals surface area (Å²) in [6.45, 7) is 0. The maximum Gasteiger partial charge on any atom is 0.227 e. The van der Waals surface area contributed by atoms with E-state index in [4.69, 9.17) is 0 Å². The third-order valence-corrected chi connectivity index (χ3v) is 3.46. The Balaban J connectivity index is 1.73. The van der Waals surface area contributed by atoms with Gasteiger partial charge in [-0.3, -0.25) is 4.79 Å². The smallest absolute Gasteiger partial charge is 0.227 e. The SMILES string of the molecule is O=C(Nc1ccc(-c2cnns2)cc1)C1CC1. The molecular formula is C12H11N3OS. The third-order valence-electron chi connectivity index (χ3n) is 2.75. The zero-order valence-corrected chi connectivity index (χ0v) is 9.91. The second-order valence-electron chi connectivity index (χ2n) is 4.12. The quantitative estimate of drug-likeness (QED) is 0.904. The van der Waals surface area contributed by atoms with Gasteiger partial charge in [0.1, 0.15) is 0 Å². The van der Waals surface area contributed by atoms with Crippen LogP contribution < -0.4 is 5.32 Å². The zero-order chi connectivity index (χ0) is 11.7. The molecule has 17 heavy (non-hydrogen) atoms. The molecule has 1 N–H and O–H groups in total. The summed E-state index contributed by atoms with van der Waals surface area (Å²) in [7, 11) is 0. The van der Waals surface area contributed by atoms with E-state index in [2.05, 4.69) is 14.9 Å². The van der Waals surface area contributed by atoms with Gasteiger partial charge in [-0.05, 0) is 42.1 Å². The number of amides is 1. The minimum Gasteiger partial charge on any atom is -0.326 e. The molecule has 0 atom stereocenters. The minimum atomic E-state index is 0.136. The number of hydrogen-bond acceptors (Lipinski definition) is 4. The molecule has 1 amide bonds. The fourth-order valence-corrected chi connectivity index (χ4v) is 2.12. The van der Waals surface area contributed by atoms with E-state index in [1.807, 2.05) is 24.3 Å². The summed E-state index contributed by atoms with van der Waals surface area (Å²) in [5.41, 5.74) is 1.92. The van der Waals surface area contributed by atoms with Crippen LogP contribution in [0.4, 0.5) is 5.69 Å². The Bertz CT molecular complexity index is 517. The fraction of sp³-hybridized carbons (Fsp3) is 0.250. The first-order valence-corrected chi connectivity index (χ1v) is 6.29. The van der Waals surface area contributed by atoms with Gasteiger partial charge >= 0.3 is 0 Å². The van der Waals surface area contributed by atoms with E-state index in [1.54, 1.807) is 6.20 Å². The summed E-state index contributed by atoms with van der Waals surface area (Å²) in [4.78, 5) is 12.6. The van der Waals surface area contributed by atoms with Crippen LogP contribution in [0.2, 0.25) is 0 Å². The fourth-order valence-electron chi connectivity index (χ4n) is 1.60. The van der Waals surface area contributed by atoms with Crippen LogP contribution in [0, 0.1) is 5.92 Å². The molecule has 0 saturated heterocycles. The van der Waals surface area contributed by atoms with Crippen molar-refractivity contribution in [3.05, 3.63) is 30.5 Å². The molecular weight excluding hydrogens is 234 g/mol. The van der Waals surface area contributed by atoms with Crippen LogP contribution in [0.25, 0.3) is 10.4 Å². The van der Waals surface area contributed by atoms with Crippen LogP contribution in [0.1, 0.15) is 12.8 Å². The standard InChI is InChI=1S/C12H11N3OS/c16-12(9-1-2-9)14-10-5-3-8(4-6-10)11-7-13-15-17-11/h3-7,9H,1-2H2,(H,14,16). The maximum absolute atomic E-state index is 11.6. The molecule has 2 aromatic rings. The van der Waals surface area contributed by atoms with Crippen molar-refractivity contribution in [3.8, 4) is 10.4 Å². The predicted molar refractivity (Wildman–Crippen MR) is 66.7 cm³/mol. The van der Waals surface area contributed by atoms with Crippen molar-refractivity contribution >= 4 is 23.1 Å².